The molecule has 1 aromatic carbocycles. The zero-order valence-electron chi connectivity index (χ0n) is 11.0. The van der Waals surface area contributed by atoms with E-state index in [1.807, 2.05) is 6.92 Å². The third kappa shape index (κ3) is 3.36. The third-order valence-corrected chi connectivity index (χ3v) is 3.04. The van der Waals surface area contributed by atoms with E-state index in [0.29, 0.717) is 6.54 Å². The third-order valence-electron chi connectivity index (χ3n) is 2.70. The molecule has 0 saturated heterocycles. The standard InChI is InChI=1S/C14H14ClFN2O2/c1-2-7-18-14(19)13(15)12(8-17-18)20-9-10-3-5-11(16)6-4-10/h3-6,8H,2,7,9H2,1H3. The molecule has 0 saturated carbocycles. The van der Waals surface area contributed by atoms with Crippen LogP contribution in [-0.2, 0) is 13.2 Å². The van der Waals surface area contributed by atoms with E-state index in [4.69, 9.17) is 16.3 Å². The number of halogens is 2. The van der Waals surface area contributed by atoms with Gasteiger partial charge in [0.05, 0.1) is 6.20 Å². The molecule has 6 heteroatoms. The van der Waals surface area contributed by atoms with E-state index in [0.717, 1.165) is 12.0 Å². The van der Waals surface area contributed by atoms with E-state index in [1.165, 1.54) is 23.0 Å². The van der Waals surface area contributed by atoms with Crippen molar-refractivity contribution in [3.8, 4) is 5.75 Å². The molecule has 1 heterocycles. The summed E-state index contributed by atoms with van der Waals surface area (Å²) in [5.41, 5.74) is 0.408. The van der Waals surface area contributed by atoms with Crippen LogP contribution < -0.4 is 10.3 Å². The van der Waals surface area contributed by atoms with Crippen LogP contribution in [0.5, 0.6) is 5.75 Å². The van der Waals surface area contributed by atoms with E-state index in [-0.39, 0.29) is 28.8 Å². The van der Waals surface area contributed by atoms with Crippen LogP contribution in [0.4, 0.5) is 4.39 Å². The lowest BCUT2D eigenvalue weighted by atomic mass is 10.2. The SMILES string of the molecule is CCCn1ncc(OCc2ccc(F)cc2)c(Cl)c1=O. The molecule has 0 N–H and O–H groups in total. The second-order valence-corrected chi connectivity index (χ2v) is 4.64. The van der Waals surface area contributed by atoms with Gasteiger partial charge in [-0.3, -0.25) is 4.79 Å². The number of benzene rings is 1. The van der Waals surface area contributed by atoms with Crippen molar-refractivity contribution in [3.05, 3.63) is 57.2 Å². The predicted octanol–water partition coefficient (Wildman–Crippen LogP) is 3.02. The number of rotatable bonds is 5. The van der Waals surface area contributed by atoms with Crippen molar-refractivity contribution in [1.82, 2.24) is 9.78 Å². The molecule has 106 valence electrons. The molecule has 0 spiro atoms. The monoisotopic (exact) mass is 296 g/mol. The molecule has 0 atom stereocenters. The van der Waals surface area contributed by atoms with Crippen LogP contribution in [0.15, 0.2) is 35.3 Å². The highest BCUT2D eigenvalue weighted by atomic mass is 35.5. The second-order valence-electron chi connectivity index (χ2n) is 4.27. The maximum Gasteiger partial charge on any atom is 0.289 e. The Bertz CT molecular complexity index is 641. The molecule has 0 aliphatic heterocycles. The van der Waals surface area contributed by atoms with Gasteiger partial charge in [-0.05, 0) is 24.1 Å². The van der Waals surface area contributed by atoms with Crippen LogP contribution in [0, 0.1) is 5.82 Å². The molecule has 1 aromatic heterocycles. The maximum atomic E-state index is 12.8. The van der Waals surface area contributed by atoms with Gasteiger partial charge in [0.2, 0.25) is 0 Å². The maximum absolute atomic E-state index is 12.8. The van der Waals surface area contributed by atoms with E-state index in [9.17, 15) is 9.18 Å². The minimum atomic E-state index is -0.370. The van der Waals surface area contributed by atoms with Crippen molar-refractivity contribution in [2.24, 2.45) is 0 Å². The van der Waals surface area contributed by atoms with E-state index in [1.54, 1.807) is 12.1 Å². The van der Waals surface area contributed by atoms with Gasteiger partial charge in [0.25, 0.3) is 5.56 Å². The van der Waals surface area contributed by atoms with Crippen molar-refractivity contribution in [2.45, 2.75) is 26.5 Å². The van der Waals surface area contributed by atoms with Gasteiger partial charge in [0, 0.05) is 6.54 Å². The lowest BCUT2D eigenvalue weighted by Gasteiger charge is -2.09. The van der Waals surface area contributed by atoms with Gasteiger partial charge in [-0.15, -0.1) is 0 Å². The summed E-state index contributed by atoms with van der Waals surface area (Å²) >= 11 is 5.97. The predicted molar refractivity (Wildman–Crippen MR) is 74.5 cm³/mol. The molecule has 0 radical (unpaired) electrons. The quantitative estimate of drug-likeness (QED) is 0.852. The fraction of sp³-hybridized carbons (Fsp3) is 0.286. The van der Waals surface area contributed by atoms with E-state index >= 15 is 0 Å². The minimum absolute atomic E-state index is 0.00978. The molecule has 0 unspecified atom stereocenters. The molecule has 4 nitrogen and oxygen atoms in total. The number of ether oxygens (including phenoxy) is 1. The first-order valence-electron chi connectivity index (χ1n) is 6.24. The fourth-order valence-electron chi connectivity index (χ4n) is 1.66. The molecule has 2 aromatic rings. The summed E-state index contributed by atoms with van der Waals surface area (Å²) in [5, 5.41) is 4.00. The molecule has 0 aliphatic carbocycles. The van der Waals surface area contributed by atoms with Gasteiger partial charge >= 0.3 is 0 Å². The number of aromatic nitrogens is 2. The summed E-state index contributed by atoms with van der Waals surface area (Å²) in [7, 11) is 0. The average molecular weight is 297 g/mol. The summed E-state index contributed by atoms with van der Waals surface area (Å²) in [6, 6.07) is 5.90. The lowest BCUT2D eigenvalue weighted by molar-refractivity contribution is 0.302. The van der Waals surface area contributed by atoms with Crippen LogP contribution in [0.3, 0.4) is 0 Å². The van der Waals surface area contributed by atoms with Crippen LogP contribution in [-0.4, -0.2) is 9.78 Å². The first kappa shape index (κ1) is 14.5. The summed E-state index contributed by atoms with van der Waals surface area (Å²) in [6.45, 7) is 2.65. The van der Waals surface area contributed by atoms with Gasteiger partial charge in [-0.1, -0.05) is 30.7 Å². The molecular weight excluding hydrogens is 283 g/mol. The smallest absolute Gasteiger partial charge is 0.289 e. The summed E-state index contributed by atoms with van der Waals surface area (Å²) in [4.78, 5) is 11.9. The molecule has 20 heavy (non-hydrogen) atoms. The number of nitrogens with zero attached hydrogens (tertiary/aromatic N) is 2. The van der Waals surface area contributed by atoms with Gasteiger partial charge in [-0.25, -0.2) is 9.07 Å². The largest absolute Gasteiger partial charge is 0.485 e. The Hall–Kier alpha value is -1.88. The zero-order valence-corrected chi connectivity index (χ0v) is 11.7. The Morgan fingerprint density at radius 2 is 2.05 bits per heavy atom. The van der Waals surface area contributed by atoms with Gasteiger partial charge in [-0.2, -0.15) is 5.10 Å². The Labute approximate surface area is 120 Å². The molecule has 0 fully saturated rings. The molecule has 0 bridgehead atoms. The van der Waals surface area contributed by atoms with Gasteiger partial charge < -0.3 is 4.74 Å². The second kappa shape index (κ2) is 6.52. The fourth-order valence-corrected chi connectivity index (χ4v) is 1.86. The number of hydrogen-bond donors (Lipinski definition) is 0. The highest BCUT2D eigenvalue weighted by molar-refractivity contribution is 6.31. The first-order chi connectivity index (χ1) is 9.61. The highest BCUT2D eigenvalue weighted by Gasteiger charge is 2.10. The van der Waals surface area contributed by atoms with Crippen LogP contribution in [0.1, 0.15) is 18.9 Å². The van der Waals surface area contributed by atoms with Crippen LogP contribution in [0.25, 0.3) is 0 Å². The minimum Gasteiger partial charge on any atom is -0.485 e. The Morgan fingerprint density at radius 1 is 1.35 bits per heavy atom. The van der Waals surface area contributed by atoms with Gasteiger partial charge in [0.15, 0.2) is 10.8 Å². The number of hydrogen-bond acceptors (Lipinski definition) is 3. The summed E-state index contributed by atoms with van der Waals surface area (Å²) in [5.74, 6) is -0.0797. The van der Waals surface area contributed by atoms with Crippen LogP contribution >= 0.6 is 11.6 Å². The van der Waals surface area contributed by atoms with Crippen LogP contribution in [0.2, 0.25) is 5.02 Å². The molecule has 0 aliphatic rings. The van der Waals surface area contributed by atoms with Gasteiger partial charge in [0.1, 0.15) is 12.4 Å². The molecular formula is C14H14ClFN2O2. The Kier molecular flexibility index (Phi) is 4.74. The average Bonchev–Trinajstić information content (AvgIpc) is 2.45. The van der Waals surface area contributed by atoms with Crippen molar-refractivity contribution in [3.63, 3.8) is 0 Å². The first-order valence-corrected chi connectivity index (χ1v) is 6.62. The summed E-state index contributed by atoms with van der Waals surface area (Å²) in [6.07, 6.45) is 2.21. The highest BCUT2D eigenvalue weighted by Crippen LogP contribution is 2.19. The molecule has 0 amide bonds. The van der Waals surface area contributed by atoms with Crippen molar-refractivity contribution >= 4 is 11.6 Å². The topological polar surface area (TPSA) is 44.1 Å². The lowest BCUT2D eigenvalue weighted by Crippen LogP contribution is -2.23. The van der Waals surface area contributed by atoms with Crippen molar-refractivity contribution in [2.75, 3.05) is 0 Å². The Morgan fingerprint density at radius 3 is 2.70 bits per heavy atom. The van der Waals surface area contributed by atoms with E-state index < -0.39 is 0 Å². The zero-order chi connectivity index (χ0) is 14.5. The summed E-state index contributed by atoms with van der Waals surface area (Å²) < 4.78 is 19.5. The van der Waals surface area contributed by atoms with E-state index in [2.05, 4.69) is 5.10 Å². The van der Waals surface area contributed by atoms with Crippen molar-refractivity contribution in [1.29, 1.82) is 0 Å². The normalized spacial score (nSPS) is 10.6. The van der Waals surface area contributed by atoms with Crippen molar-refractivity contribution < 1.29 is 9.13 Å². The number of aryl methyl sites for hydroxylation is 1. The Balaban J connectivity index is 2.12. The molecule has 2 rings (SSSR count).